The molecule has 2 rings (SSSR count). The number of hydrogen-bond acceptors (Lipinski definition) is 6. The van der Waals surface area contributed by atoms with Crippen LogP contribution in [0.4, 0.5) is 0 Å². The molecule has 2 amide bonds. The summed E-state index contributed by atoms with van der Waals surface area (Å²) in [5.41, 5.74) is 3.48. The molecule has 9 heteroatoms. The first-order chi connectivity index (χ1) is 17.4. The molecule has 0 aliphatic heterocycles. The predicted molar refractivity (Wildman–Crippen MR) is 149 cm³/mol. The number of carbonyl (C=O) groups excluding carboxylic acids is 2. The van der Waals surface area contributed by atoms with E-state index in [4.69, 9.17) is 4.74 Å². The van der Waals surface area contributed by atoms with Gasteiger partial charge in [-0.25, -0.2) is 0 Å². The largest absolute Gasteiger partial charge is 0.383 e. The Labute approximate surface area is 227 Å². The van der Waals surface area contributed by atoms with E-state index in [1.165, 1.54) is 28.4 Å². The van der Waals surface area contributed by atoms with Crippen LogP contribution in [-0.4, -0.2) is 71.6 Å². The van der Waals surface area contributed by atoms with Gasteiger partial charge in [-0.3, -0.25) is 19.7 Å². The van der Waals surface area contributed by atoms with Crippen LogP contribution in [0, 0.1) is 11.8 Å². The van der Waals surface area contributed by atoms with Crippen LogP contribution < -0.4 is 10.6 Å². The number of nitrogens with zero attached hydrogens (tertiary/aromatic N) is 2. The van der Waals surface area contributed by atoms with E-state index in [2.05, 4.69) is 58.6 Å². The van der Waals surface area contributed by atoms with Crippen LogP contribution in [0.15, 0.2) is 54.6 Å². The normalized spacial score (nSPS) is 11.7. The van der Waals surface area contributed by atoms with Crippen molar-refractivity contribution < 1.29 is 19.5 Å². The van der Waals surface area contributed by atoms with E-state index < -0.39 is 17.9 Å². The summed E-state index contributed by atoms with van der Waals surface area (Å²) in [6.45, 7) is 5.84. The zero-order valence-corrected chi connectivity index (χ0v) is 23.0. The van der Waals surface area contributed by atoms with E-state index in [1.807, 2.05) is 6.08 Å². The minimum Gasteiger partial charge on any atom is -0.383 e. The number of amides is 2. The topological polar surface area (TPSA) is 94.1 Å². The van der Waals surface area contributed by atoms with Crippen LogP contribution in [0.1, 0.15) is 34.0 Å². The number of hydrogen-bond donors (Lipinski definition) is 3. The third kappa shape index (κ3) is 10.1. The van der Waals surface area contributed by atoms with Gasteiger partial charge < -0.3 is 15.4 Å². The Kier molecular flexibility index (Phi) is 13.2. The number of rotatable bonds is 12. The standard InChI is InChI=1S/C27H33IN4O4/c1-4-31(17-18-36-3)20-23-11-9-21(10-12-23)7-5-6-8-22-13-15-24(16-14-22)26(33)30-25(19-29-2)27(34)32(28)35/h5,7,9-16,25,29,35H,4,17-20H2,1-3H3,(H,30,33)/t25-/m0/s1. The smallest absolute Gasteiger partial charge is 0.279 e. The molecule has 2 aromatic rings. The summed E-state index contributed by atoms with van der Waals surface area (Å²) in [6, 6.07) is 14.3. The van der Waals surface area contributed by atoms with Gasteiger partial charge in [-0.15, -0.1) is 0 Å². The minimum atomic E-state index is -0.885. The van der Waals surface area contributed by atoms with Crippen LogP contribution >= 0.6 is 22.9 Å². The fraction of sp³-hybridized carbons (Fsp3) is 0.333. The van der Waals surface area contributed by atoms with Gasteiger partial charge in [0.25, 0.3) is 11.8 Å². The van der Waals surface area contributed by atoms with Crippen LogP contribution in [0.5, 0.6) is 0 Å². The third-order valence-corrected chi connectivity index (χ3v) is 5.84. The average molecular weight is 604 g/mol. The molecule has 0 aliphatic carbocycles. The van der Waals surface area contributed by atoms with Gasteiger partial charge in [0.2, 0.25) is 0 Å². The lowest BCUT2D eigenvalue weighted by Crippen LogP contribution is -2.49. The summed E-state index contributed by atoms with van der Waals surface area (Å²) < 4.78 is 5.60. The van der Waals surface area contributed by atoms with Crippen molar-refractivity contribution in [1.82, 2.24) is 18.8 Å². The number of methoxy groups -OCH3 is 1. The highest BCUT2D eigenvalue weighted by molar-refractivity contribution is 14.1. The number of benzene rings is 2. The summed E-state index contributed by atoms with van der Waals surface area (Å²) in [5, 5.41) is 14.8. The van der Waals surface area contributed by atoms with Crippen molar-refractivity contribution in [3.8, 4) is 11.8 Å². The maximum Gasteiger partial charge on any atom is 0.279 e. The molecule has 0 aromatic heterocycles. The van der Waals surface area contributed by atoms with Gasteiger partial charge in [-0.1, -0.05) is 43.0 Å². The highest BCUT2D eigenvalue weighted by Gasteiger charge is 2.24. The Balaban J connectivity index is 1.93. The van der Waals surface area contributed by atoms with Gasteiger partial charge in [-0.05, 0) is 61.1 Å². The zero-order valence-electron chi connectivity index (χ0n) is 20.8. The van der Waals surface area contributed by atoms with Crippen molar-refractivity contribution in [2.75, 3.05) is 40.4 Å². The molecular weight excluding hydrogens is 571 g/mol. The molecule has 0 radical (unpaired) electrons. The van der Waals surface area contributed by atoms with Crippen LogP contribution in [0.3, 0.4) is 0 Å². The number of carbonyl (C=O) groups is 2. The Morgan fingerprint density at radius 3 is 2.44 bits per heavy atom. The van der Waals surface area contributed by atoms with Crippen molar-refractivity contribution in [1.29, 1.82) is 0 Å². The summed E-state index contributed by atoms with van der Waals surface area (Å²) in [7, 11) is 3.38. The number of likely N-dealkylation sites (N-methyl/N-ethyl adjacent to an activating group) is 2. The van der Waals surface area contributed by atoms with Gasteiger partial charge in [-0.2, -0.15) is 3.28 Å². The van der Waals surface area contributed by atoms with Crippen LogP contribution in [-0.2, 0) is 16.1 Å². The molecule has 0 aliphatic rings. The molecule has 0 unspecified atom stereocenters. The number of ether oxygens (including phenoxy) is 1. The lowest BCUT2D eigenvalue weighted by molar-refractivity contribution is -0.143. The van der Waals surface area contributed by atoms with E-state index in [0.29, 0.717) is 8.84 Å². The molecule has 0 heterocycles. The first-order valence-corrected chi connectivity index (χ1v) is 12.6. The Bertz CT molecular complexity index is 1060. The molecule has 0 bridgehead atoms. The number of nitrogens with one attached hydrogen (secondary N) is 2. The maximum atomic E-state index is 12.5. The zero-order chi connectivity index (χ0) is 26.3. The molecule has 192 valence electrons. The Hall–Kier alpha value is -2.75. The molecule has 1 atom stereocenters. The van der Waals surface area contributed by atoms with Crippen molar-refractivity contribution in [2.24, 2.45) is 0 Å². The van der Waals surface area contributed by atoms with Crippen molar-refractivity contribution in [3.05, 3.63) is 76.9 Å². The van der Waals surface area contributed by atoms with Gasteiger partial charge >= 0.3 is 0 Å². The minimum absolute atomic E-state index is 0.189. The number of allylic oxidation sites excluding steroid dienone is 1. The maximum absolute atomic E-state index is 12.5. The highest BCUT2D eigenvalue weighted by Crippen LogP contribution is 2.09. The van der Waals surface area contributed by atoms with E-state index >= 15 is 0 Å². The average Bonchev–Trinajstić information content (AvgIpc) is 2.89. The van der Waals surface area contributed by atoms with Crippen molar-refractivity contribution in [3.63, 3.8) is 0 Å². The summed E-state index contributed by atoms with van der Waals surface area (Å²) in [6.07, 6.45) is 3.75. The van der Waals surface area contributed by atoms with Crippen molar-refractivity contribution >= 4 is 40.8 Å². The molecule has 0 spiro atoms. The molecule has 0 saturated heterocycles. The molecule has 8 nitrogen and oxygen atoms in total. The second kappa shape index (κ2) is 16.1. The van der Waals surface area contributed by atoms with E-state index in [9.17, 15) is 14.8 Å². The summed E-state index contributed by atoms with van der Waals surface area (Å²) in [5.74, 6) is 5.03. The number of halogens is 1. The molecule has 3 N–H and O–H groups in total. The van der Waals surface area contributed by atoms with Crippen LogP contribution in [0.2, 0.25) is 0 Å². The fourth-order valence-electron chi connectivity index (χ4n) is 3.30. The summed E-state index contributed by atoms with van der Waals surface area (Å²) >= 11 is 1.45. The van der Waals surface area contributed by atoms with Gasteiger partial charge in [0.15, 0.2) is 0 Å². The fourth-order valence-corrected chi connectivity index (χ4v) is 3.64. The second-order valence-corrected chi connectivity index (χ2v) is 8.88. The van der Waals surface area contributed by atoms with E-state index in [-0.39, 0.29) is 6.54 Å². The first kappa shape index (κ1) is 29.5. The Morgan fingerprint density at radius 1 is 1.17 bits per heavy atom. The van der Waals surface area contributed by atoms with Gasteiger partial charge in [0, 0.05) is 37.9 Å². The molecule has 0 saturated carbocycles. The monoisotopic (exact) mass is 604 g/mol. The lowest BCUT2D eigenvalue weighted by atomic mass is 10.1. The lowest BCUT2D eigenvalue weighted by Gasteiger charge is -2.19. The highest BCUT2D eigenvalue weighted by atomic mass is 127. The van der Waals surface area contributed by atoms with E-state index in [1.54, 1.807) is 44.5 Å². The van der Waals surface area contributed by atoms with Gasteiger partial charge in [0.1, 0.15) is 6.04 Å². The Morgan fingerprint density at radius 2 is 1.86 bits per heavy atom. The quantitative estimate of drug-likeness (QED) is 0.113. The van der Waals surface area contributed by atoms with Gasteiger partial charge in [0.05, 0.1) is 29.5 Å². The molecule has 2 aromatic carbocycles. The third-order valence-electron chi connectivity index (χ3n) is 5.36. The van der Waals surface area contributed by atoms with Crippen molar-refractivity contribution in [2.45, 2.75) is 19.5 Å². The predicted octanol–water partition coefficient (Wildman–Crippen LogP) is 3.11. The van der Waals surface area contributed by atoms with Crippen LogP contribution in [0.25, 0.3) is 6.08 Å². The van der Waals surface area contributed by atoms with E-state index in [0.717, 1.165) is 37.4 Å². The second-order valence-electron chi connectivity index (χ2n) is 7.97. The first-order valence-electron chi connectivity index (χ1n) is 11.6. The molecular formula is C27H33IN4O4. The molecule has 0 fully saturated rings. The molecule has 36 heavy (non-hydrogen) atoms. The summed E-state index contributed by atoms with van der Waals surface area (Å²) in [4.78, 5) is 26.8. The number of hydroxylamine groups is 1. The SMILES string of the molecule is CCN(CCOC)Cc1ccc(C=CC#Cc2ccc(C(=O)N[C@@H](CNC)C(=O)N(O)I)cc2)cc1.